The molecule has 4 nitrogen and oxygen atoms in total. The molecule has 106 valence electrons. The molecule has 1 aliphatic rings. The van der Waals surface area contributed by atoms with Crippen molar-refractivity contribution in [3.63, 3.8) is 0 Å². The highest BCUT2D eigenvalue weighted by Crippen LogP contribution is 2.15. The number of amides is 1. The predicted molar refractivity (Wildman–Crippen MR) is 77.2 cm³/mol. The number of rotatable bonds is 3. The van der Waals surface area contributed by atoms with Gasteiger partial charge in [-0.25, -0.2) is 4.79 Å². The first-order chi connectivity index (χ1) is 8.28. The van der Waals surface area contributed by atoms with Crippen LogP contribution in [0.3, 0.4) is 0 Å². The van der Waals surface area contributed by atoms with Crippen molar-refractivity contribution in [1.82, 2.24) is 10.2 Å². The summed E-state index contributed by atoms with van der Waals surface area (Å²) in [7, 11) is 0. The van der Waals surface area contributed by atoms with Gasteiger partial charge < -0.3 is 15.0 Å². The Hall–Kier alpha value is -0.420. The molecule has 0 radical (unpaired) electrons. The van der Waals surface area contributed by atoms with E-state index in [9.17, 15) is 4.79 Å². The third kappa shape index (κ3) is 5.96. The predicted octanol–water partition coefficient (Wildman–Crippen LogP) is 2.34. The molecule has 0 unspecified atom stereocenters. The third-order valence-electron chi connectivity index (χ3n) is 2.54. The van der Waals surface area contributed by atoms with Crippen molar-refractivity contribution in [2.24, 2.45) is 0 Å². The normalized spacial score (nSPS) is 21.2. The number of hydrogen-bond donors (Lipinski definition) is 1. The first-order valence-electron chi connectivity index (χ1n) is 6.61. The molecule has 0 bridgehead atoms. The van der Waals surface area contributed by atoms with Crippen molar-refractivity contribution in [3.8, 4) is 0 Å². The lowest BCUT2D eigenvalue weighted by Crippen LogP contribution is -2.54. The Morgan fingerprint density at radius 2 is 2.17 bits per heavy atom. The van der Waals surface area contributed by atoms with Crippen LogP contribution in [-0.4, -0.2) is 53.3 Å². The zero-order valence-corrected chi connectivity index (χ0v) is 13.0. The van der Waals surface area contributed by atoms with E-state index in [1.165, 1.54) is 0 Å². The van der Waals surface area contributed by atoms with E-state index < -0.39 is 5.60 Å². The van der Waals surface area contributed by atoms with Crippen LogP contribution >= 0.6 is 11.8 Å². The Balaban J connectivity index is 2.40. The quantitative estimate of drug-likeness (QED) is 0.857. The molecular formula is C13H26N2O2S. The van der Waals surface area contributed by atoms with Gasteiger partial charge in [0.15, 0.2) is 0 Å². The molecule has 1 heterocycles. The van der Waals surface area contributed by atoms with Gasteiger partial charge in [-0.05, 0) is 26.0 Å². The Bertz CT molecular complexity index is 277. The van der Waals surface area contributed by atoms with Crippen LogP contribution in [0.25, 0.3) is 0 Å². The van der Waals surface area contributed by atoms with Gasteiger partial charge in [-0.15, -0.1) is 0 Å². The molecular weight excluding hydrogens is 248 g/mol. The Kier molecular flexibility index (Phi) is 5.79. The summed E-state index contributed by atoms with van der Waals surface area (Å²) in [6, 6.07) is 0.374. The molecule has 1 N–H and O–H groups in total. The minimum atomic E-state index is -0.413. The molecule has 1 aliphatic heterocycles. The molecule has 1 saturated heterocycles. The second kappa shape index (κ2) is 6.66. The molecule has 0 saturated carbocycles. The molecule has 0 aromatic heterocycles. The van der Waals surface area contributed by atoms with Crippen molar-refractivity contribution < 1.29 is 9.53 Å². The molecule has 1 amide bonds. The van der Waals surface area contributed by atoms with Crippen LogP contribution in [0, 0.1) is 0 Å². The van der Waals surface area contributed by atoms with Crippen molar-refractivity contribution >= 4 is 17.9 Å². The summed E-state index contributed by atoms with van der Waals surface area (Å²) in [6.45, 7) is 12.4. The zero-order valence-electron chi connectivity index (χ0n) is 12.2. The number of nitrogens with zero attached hydrogens (tertiary/aromatic N) is 1. The van der Waals surface area contributed by atoms with E-state index in [2.05, 4.69) is 19.2 Å². The lowest BCUT2D eigenvalue weighted by Gasteiger charge is -2.35. The number of hydrogen-bond acceptors (Lipinski definition) is 4. The summed E-state index contributed by atoms with van der Waals surface area (Å²) >= 11 is 1.92. The number of piperazine rings is 1. The summed E-state index contributed by atoms with van der Waals surface area (Å²) in [4.78, 5) is 13.8. The molecule has 18 heavy (non-hydrogen) atoms. The first kappa shape index (κ1) is 15.6. The SMILES string of the molecule is CC(C)SC[C@@H]1CN(C(=O)OC(C)(C)C)CCN1. The highest BCUT2D eigenvalue weighted by atomic mass is 32.2. The summed E-state index contributed by atoms with van der Waals surface area (Å²) in [6.07, 6.45) is -0.191. The van der Waals surface area contributed by atoms with Crippen LogP contribution in [0.4, 0.5) is 4.79 Å². The highest BCUT2D eigenvalue weighted by Gasteiger charge is 2.27. The second-order valence-corrected chi connectivity index (χ2v) is 7.57. The number of thioether (sulfide) groups is 1. The summed E-state index contributed by atoms with van der Waals surface area (Å²) in [5.74, 6) is 1.04. The van der Waals surface area contributed by atoms with Crippen molar-refractivity contribution in [2.45, 2.75) is 51.5 Å². The van der Waals surface area contributed by atoms with Gasteiger partial charge in [-0.3, -0.25) is 0 Å². The summed E-state index contributed by atoms with van der Waals surface area (Å²) in [5.41, 5.74) is -0.413. The lowest BCUT2D eigenvalue weighted by atomic mass is 10.2. The van der Waals surface area contributed by atoms with Gasteiger partial charge in [-0.2, -0.15) is 11.8 Å². The van der Waals surface area contributed by atoms with Crippen molar-refractivity contribution in [3.05, 3.63) is 0 Å². The Morgan fingerprint density at radius 1 is 1.50 bits per heavy atom. The molecule has 1 fully saturated rings. The van der Waals surface area contributed by atoms with Crippen molar-refractivity contribution in [2.75, 3.05) is 25.4 Å². The van der Waals surface area contributed by atoms with Gasteiger partial charge in [0, 0.05) is 31.4 Å². The third-order valence-corrected chi connectivity index (χ3v) is 3.80. The summed E-state index contributed by atoms with van der Waals surface area (Å²) < 4.78 is 5.40. The van der Waals surface area contributed by atoms with E-state index in [4.69, 9.17) is 4.74 Å². The molecule has 1 rings (SSSR count). The molecule has 0 aromatic carbocycles. The number of carbonyl (C=O) groups excluding carboxylic acids is 1. The van der Waals surface area contributed by atoms with E-state index in [-0.39, 0.29) is 6.09 Å². The van der Waals surface area contributed by atoms with E-state index in [1.54, 1.807) is 0 Å². The maximum absolute atomic E-state index is 12.0. The lowest BCUT2D eigenvalue weighted by molar-refractivity contribution is 0.0203. The molecule has 0 aromatic rings. The van der Waals surface area contributed by atoms with Gasteiger partial charge in [0.05, 0.1) is 0 Å². The topological polar surface area (TPSA) is 41.6 Å². The van der Waals surface area contributed by atoms with Crippen LogP contribution in [0.2, 0.25) is 0 Å². The van der Waals surface area contributed by atoms with E-state index in [0.29, 0.717) is 11.3 Å². The highest BCUT2D eigenvalue weighted by molar-refractivity contribution is 7.99. The minimum absolute atomic E-state index is 0.191. The Labute approximate surface area is 115 Å². The minimum Gasteiger partial charge on any atom is -0.444 e. The van der Waals surface area contributed by atoms with Gasteiger partial charge in [-0.1, -0.05) is 13.8 Å². The maximum Gasteiger partial charge on any atom is 0.410 e. The van der Waals surface area contributed by atoms with E-state index >= 15 is 0 Å². The van der Waals surface area contributed by atoms with Gasteiger partial charge in [0.25, 0.3) is 0 Å². The zero-order chi connectivity index (χ0) is 13.8. The fourth-order valence-corrected chi connectivity index (χ4v) is 2.58. The summed E-state index contributed by atoms with van der Waals surface area (Å²) in [5, 5.41) is 4.08. The second-order valence-electron chi connectivity index (χ2n) is 5.96. The largest absolute Gasteiger partial charge is 0.444 e. The maximum atomic E-state index is 12.0. The fourth-order valence-electron chi connectivity index (χ4n) is 1.74. The molecule has 0 spiro atoms. The fraction of sp³-hybridized carbons (Fsp3) is 0.923. The average Bonchev–Trinajstić information content (AvgIpc) is 2.24. The number of nitrogens with one attached hydrogen (secondary N) is 1. The van der Waals surface area contributed by atoms with Crippen LogP contribution in [0.1, 0.15) is 34.6 Å². The van der Waals surface area contributed by atoms with Crippen LogP contribution in [0.5, 0.6) is 0 Å². The molecule has 1 atom stereocenters. The van der Waals surface area contributed by atoms with E-state index in [0.717, 1.165) is 25.4 Å². The first-order valence-corrected chi connectivity index (χ1v) is 7.65. The van der Waals surface area contributed by atoms with E-state index in [1.807, 2.05) is 37.4 Å². The number of ether oxygens (including phenoxy) is 1. The van der Waals surface area contributed by atoms with Gasteiger partial charge >= 0.3 is 6.09 Å². The van der Waals surface area contributed by atoms with Crippen LogP contribution in [0.15, 0.2) is 0 Å². The van der Waals surface area contributed by atoms with Gasteiger partial charge in [0.2, 0.25) is 0 Å². The van der Waals surface area contributed by atoms with Gasteiger partial charge in [0.1, 0.15) is 5.60 Å². The standard InChI is InChI=1S/C13H26N2O2S/c1-10(2)18-9-11-8-15(7-6-14-11)12(16)17-13(3,4)5/h10-11,14H,6-9H2,1-5H3/t11-/m0/s1. The number of carbonyl (C=O) groups is 1. The molecule has 5 heteroatoms. The van der Waals surface area contributed by atoms with Crippen molar-refractivity contribution in [1.29, 1.82) is 0 Å². The average molecular weight is 274 g/mol. The monoisotopic (exact) mass is 274 g/mol. The Morgan fingerprint density at radius 3 is 2.72 bits per heavy atom. The van der Waals surface area contributed by atoms with Crippen LogP contribution in [-0.2, 0) is 4.74 Å². The smallest absolute Gasteiger partial charge is 0.410 e. The van der Waals surface area contributed by atoms with Crippen LogP contribution < -0.4 is 5.32 Å². The molecule has 0 aliphatic carbocycles.